The first-order valence-corrected chi connectivity index (χ1v) is 9.54. The molecule has 0 aliphatic rings. The van der Waals surface area contributed by atoms with Gasteiger partial charge in [0.1, 0.15) is 5.75 Å². The number of ether oxygens (including phenoxy) is 2. The van der Waals surface area contributed by atoms with Gasteiger partial charge in [-0.15, -0.1) is 0 Å². The van der Waals surface area contributed by atoms with Gasteiger partial charge in [0.2, 0.25) is 0 Å². The maximum atomic E-state index is 12.3. The van der Waals surface area contributed by atoms with Crippen molar-refractivity contribution in [2.45, 2.75) is 25.9 Å². The number of carbonyl (C=O) groups excluding carboxylic acids is 2. The van der Waals surface area contributed by atoms with Crippen molar-refractivity contribution in [3.8, 4) is 5.75 Å². The number of aromatic amines is 1. The van der Waals surface area contributed by atoms with Crippen LogP contribution in [0.2, 0.25) is 0 Å². The van der Waals surface area contributed by atoms with Crippen molar-refractivity contribution in [3.05, 3.63) is 70.1 Å². The smallest absolute Gasteiger partial charge is 0.312 e. The van der Waals surface area contributed by atoms with Gasteiger partial charge in [-0.25, -0.2) is 5.10 Å². The summed E-state index contributed by atoms with van der Waals surface area (Å²) >= 11 is 0. The Labute approximate surface area is 173 Å². The molecule has 3 aromatic rings. The average Bonchev–Trinajstić information content (AvgIpc) is 2.76. The largest absolute Gasteiger partial charge is 0.497 e. The van der Waals surface area contributed by atoms with E-state index in [1.807, 2.05) is 24.3 Å². The number of esters is 1. The van der Waals surface area contributed by atoms with E-state index >= 15 is 0 Å². The molecule has 1 aromatic heterocycles. The van der Waals surface area contributed by atoms with Crippen molar-refractivity contribution in [2.24, 2.45) is 0 Å². The van der Waals surface area contributed by atoms with E-state index in [0.717, 1.165) is 11.3 Å². The highest BCUT2D eigenvalue weighted by atomic mass is 16.5. The fourth-order valence-corrected chi connectivity index (χ4v) is 3.00. The van der Waals surface area contributed by atoms with Gasteiger partial charge in [0.15, 0.2) is 6.10 Å². The highest BCUT2D eigenvalue weighted by Gasteiger charge is 2.19. The molecular formula is C22H23N3O5. The van der Waals surface area contributed by atoms with Crippen LogP contribution in [0.5, 0.6) is 5.75 Å². The highest BCUT2D eigenvalue weighted by Crippen LogP contribution is 2.14. The number of H-pyrrole nitrogens is 1. The molecule has 0 aliphatic carbocycles. The SMILES string of the molecule is COc1ccc(CCNC(=O)[C@H](C)OC(=O)Cc2n[nH]c(=O)c3ccccc23)cc1. The fraction of sp³-hybridized carbons (Fsp3) is 0.273. The Bertz CT molecular complexity index is 1090. The number of aromatic nitrogens is 2. The normalized spacial score (nSPS) is 11.7. The quantitative estimate of drug-likeness (QED) is 0.549. The van der Waals surface area contributed by atoms with Gasteiger partial charge in [0, 0.05) is 11.9 Å². The molecule has 3 rings (SSSR count). The maximum Gasteiger partial charge on any atom is 0.312 e. The van der Waals surface area contributed by atoms with Crippen LogP contribution in [-0.4, -0.2) is 41.8 Å². The molecule has 8 heteroatoms. The number of nitrogens with one attached hydrogen (secondary N) is 2. The van der Waals surface area contributed by atoms with Crippen molar-refractivity contribution in [3.63, 3.8) is 0 Å². The van der Waals surface area contributed by atoms with Crippen LogP contribution >= 0.6 is 0 Å². The first-order valence-electron chi connectivity index (χ1n) is 9.54. The minimum atomic E-state index is -0.942. The molecule has 1 amide bonds. The molecule has 0 fully saturated rings. The minimum absolute atomic E-state index is 0.152. The van der Waals surface area contributed by atoms with Crippen LogP contribution in [0.15, 0.2) is 53.3 Å². The summed E-state index contributed by atoms with van der Waals surface area (Å²) in [6.07, 6.45) is -0.452. The first-order chi connectivity index (χ1) is 14.5. The Morgan fingerprint density at radius 3 is 2.50 bits per heavy atom. The summed E-state index contributed by atoms with van der Waals surface area (Å²) in [6, 6.07) is 14.4. The summed E-state index contributed by atoms with van der Waals surface area (Å²) in [5.74, 6) is -0.207. The minimum Gasteiger partial charge on any atom is -0.497 e. The van der Waals surface area contributed by atoms with Gasteiger partial charge in [0.25, 0.3) is 11.5 Å². The van der Waals surface area contributed by atoms with Gasteiger partial charge in [-0.2, -0.15) is 5.10 Å². The van der Waals surface area contributed by atoms with Crippen molar-refractivity contribution >= 4 is 22.6 Å². The lowest BCUT2D eigenvalue weighted by Crippen LogP contribution is -2.37. The van der Waals surface area contributed by atoms with Gasteiger partial charge in [-0.05, 0) is 37.1 Å². The van der Waals surface area contributed by atoms with Crippen LogP contribution in [0, 0.1) is 0 Å². The predicted molar refractivity (Wildman–Crippen MR) is 111 cm³/mol. The summed E-state index contributed by atoms with van der Waals surface area (Å²) in [5, 5.41) is 10.1. The summed E-state index contributed by atoms with van der Waals surface area (Å²) in [5.41, 5.74) is 1.12. The number of fused-ring (bicyclic) bond motifs is 1. The molecule has 1 atom stereocenters. The topological polar surface area (TPSA) is 110 Å². The zero-order chi connectivity index (χ0) is 21.5. The number of benzene rings is 2. The van der Waals surface area contributed by atoms with Crippen LogP contribution in [0.1, 0.15) is 18.2 Å². The standard InChI is InChI=1S/C22H23N3O5/c1-14(21(27)23-12-11-15-7-9-16(29-2)10-8-15)30-20(26)13-19-17-5-3-4-6-18(17)22(28)25-24-19/h3-10,14H,11-13H2,1-2H3,(H,23,27)(H,25,28)/t14-/m0/s1. The highest BCUT2D eigenvalue weighted by molar-refractivity contribution is 5.88. The van der Waals surface area contributed by atoms with Gasteiger partial charge in [-0.1, -0.05) is 30.3 Å². The van der Waals surface area contributed by atoms with E-state index in [0.29, 0.717) is 29.4 Å². The second-order valence-corrected chi connectivity index (χ2v) is 6.74. The van der Waals surface area contributed by atoms with E-state index in [4.69, 9.17) is 9.47 Å². The number of hydrogen-bond acceptors (Lipinski definition) is 6. The lowest BCUT2D eigenvalue weighted by molar-refractivity contribution is -0.154. The summed E-state index contributed by atoms with van der Waals surface area (Å²) in [6.45, 7) is 1.93. The number of carbonyl (C=O) groups is 2. The molecule has 0 radical (unpaired) electrons. The molecule has 0 bridgehead atoms. The second-order valence-electron chi connectivity index (χ2n) is 6.74. The fourth-order valence-electron chi connectivity index (χ4n) is 3.00. The monoisotopic (exact) mass is 409 g/mol. The third-order valence-corrected chi connectivity index (χ3v) is 4.64. The van der Waals surface area contributed by atoms with E-state index in [1.54, 1.807) is 31.4 Å². The van der Waals surface area contributed by atoms with Crippen LogP contribution in [0.4, 0.5) is 0 Å². The van der Waals surface area contributed by atoms with E-state index in [2.05, 4.69) is 15.5 Å². The third kappa shape index (κ3) is 5.22. The van der Waals surface area contributed by atoms with Crippen molar-refractivity contribution in [1.29, 1.82) is 0 Å². The third-order valence-electron chi connectivity index (χ3n) is 4.64. The predicted octanol–water partition coefficient (Wildman–Crippen LogP) is 1.76. The van der Waals surface area contributed by atoms with Crippen LogP contribution < -0.4 is 15.6 Å². The molecule has 0 saturated heterocycles. The van der Waals surface area contributed by atoms with Crippen LogP contribution in [-0.2, 0) is 27.2 Å². The van der Waals surface area contributed by atoms with Gasteiger partial charge in [-0.3, -0.25) is 14.4 Å². The Hall–Kier alpha value is -3.68. The van der Waals surface area contributed by atoms with Crippen molar-refractivity contribution < 1.29 is 19.1 Å². The molecule has 1 heterocycles. The summed E-state index contributed by atoms with van der Waals surface area (Å²) in [7, 11) is 1.60. The van der Waals surface area contributed by atoms with Gasteiger partial charge >= 0.3 is 5.97 Å². The number of hydrogen-bond donors (Lipinski definition) is 2. The summed E-state index contributed by atoms with van der Waals surface area (Å²) in [4.78, 5) is 36.3. The number of methoxy groups -OCH3 is 1. The maximum absolute atomic E-state index is 12.3. The zero-order valence-electron chi connectivity index (χ0n) is 16.8. The van der Waals surface area contributed by atoms with E-state index in [-0.39, 0.29) is 17.9 Å². The molecule has 2 aromatic carbocycles. The Kier molecular flexibility index (Phi) is 6.79. The molecule has 2 N–H and O–H groups in total. The Balaban J connectivity index is 1.50. The number of nitrogens with zero attached hydrogens (tertiary/aromatic N) is 1. The molecule has 0 spiro atoms. The molecule has 0 aliphatic heterocycles. The zero-order valence-corrected chi connectivity index (χ0v) is 16.8. The molecule has 30 heavy (non-hydrogen) atoms. The Morgan fingerprint density at radius 1 is 1.10 bits per heavy atom. The van der Waals surface area contributed by atoms with E-state index in [9.17, 15) is 14.4 Å². The molecule has 8 nitrogen and oxygen atoms in total. The summed E-state index contributed by atoms with van der Waals surface area (Å²) < 4.78 is 10.3. The van der Waals surface area contributed by atoms with Gasteiger partial charge < -0.3 is 14.8 Å². The van der Waals surface area contributed by atoms with Crippen LogP contribution in [0.25, 0.3) is 10.8 Å². The average molecular weight is 409 g/mol. The van der Waals surface area contributed by atoms with Crippen LogP contribution in [0.3, 0.4) is 0 Å². The van der Waals surface area contributed by atoms with Crippen molar-refractivity contribution in [2.75, 3.05) is 13.7 Å². The Morgan fingerprint density at radius 2 is 1.80 bits per heavy atom. The second kappa shape index (κ2) is 9.69. The van der Waals surface area contributed by atoms with Crippen molar-refractivity contribution in [1.82, 2.24) is 15.5 Å². The van der Waals surface area contributed by atoms with Gasteiger partial charge in [0.05, 0.1) is 24.6 Å². The molecule has 156 valence electrons. The lowest BCUT2D eigenvalue weighted by atomic mass is 10.1. The lowest BCUT2D eigenvalue weighted by Gasteiger charge is -2.14. The molecule has 0 unspecified atom stereocenters. The van der Waals surface area contributed by atoms with E-state index in [1.165, 1.54) is 6.92 Å². The molecular weight excluding hydrogens is 386 g/mol. The van der Waals surface area contributed by atoms with E-state index < -0.39 is 12.1 Å². The number of amides is 1. The number of rotatable bonds is 8. The molecule has 0 saturated carbocycles. The first kappa shape index (κ1) is 21.0.